The number of amides is 1. The Labute approximate surface area is 211 Å². The molecular formula is C24H22N6O6S. The Hall–Kier alpha value is -4.62. The average Bonchev–Trinajstić information content (AvgIpc) is 2.90. The van der Waals surface area contributed by atoms with Crippen LogP contribution in [0.15, 0.2) is 88.9 Å². The van der Waals surface area contributed by atoms with Crippen molar-refractivity contribution in [2.24, 2.45) is 0 Å². The number of nitrogens with zero attached hydrogens (tertiary/aromatic N) is 3. The van der Waals surface area contributed by atoms with E-state index in [-0.39, 0.29) is 10.5 Å². The number of carboxylic acid groups (broad SMARTS) is 1. The van der Waals surface area contributed by atoms with E-state index in [1.165, 1.54) is 34.7 Å². The van der Waals surface area contributed by atoms with E-state index in [0.29, 0.717) is 18.0 Å². The van der Waals surface area contributed by atoms with Gasteiger partial charge in [-0.05, 0) is 35.9 Å². The molecule has 0 bridgehead atoms. The van der Waals surface area contributed by atoms with Gasteiger partial charge in [0.05, 0.1) is 4.90 Å². The lowest BCUT2D eigenvalue weighted by Gasteiger charge is -2.16. The highest BCUT2D eigenvalue weighted by Gasteiger charge is 2.26. The van der Waals surface area contributed by atoms with Crippen molar-refractivity contribution < 1.29 is 23.1 Å². The predicted octanol–water partition coefficient (Wildman–Crippen LogP) is 0.863. The van der Waals surface area contributed by atoms with Crippen molar-refractivity contribution in [1.82, 2.24) is 24.4 Å². The van der Waals surface area contributed by atoms with Crippen LogP contribution in [-0.2, 0) is 21.4 Å². The van der Waals surface area contributed by atoms with Crippen LogP contribution in [0.25, 0.3) is 5.52 Å². The van der Waals surface area contributed by atoms with Crippen LogP contribution in [0.3, 0.4) is 0 Å². The van der Waals surface area contributed by atoms with Gasteiger partial charge in [-0.3, -0.25) is 18.8 Å². The molecule has 3 aromatic heterocycles. The van der Waals surface area contributed by atoms with Gasteiger partial charge in [0.1, 0.15) is 6.04 Å². The fourth-order valence-electron chi connectivity index (χ4n) is 3.41. The molecule has 13 heteroatoms. The zero-order valence-corrected chi connectivity index (χ0v) is 20.1. The zero-order valence-electron chi connectivity index (χ0n) is 19.2. The summed E-state index contributed by atoms with van der Waals surface area (Å²) in [5.74, 6) is -1.76. The molecule has 4 rings (SSSR count). The molecule has 1 unspecified atom stereocenters. The maximum Gasteiger partial charge on any atom is 0.323 e. The number of carbonyl (C=O) groups is 2. The standard InChI is InChI=1S/C24H22N6O6S/c31-21-12-17(11-18-8-7-16(15-30(18)21)13-28-24-25-9-4-10-26-24)22(32)27-14-20(23(33)34)29-37(35,36)19-5-2-1-3-6-19/h1-12,15,20,29H,13-14H2,(H,27,32)(H,33,34)(H,25,26,28). The van der Waals surface area contributed by atoms with Gasteiger partial charge in [0, 0.05) is 48.8 Å². The Kier molecular flexibility index (Phi) is 7.55. The summed E-state index contributed by atoms with van der Waals surface area (Å²) < 4.78 is 28.4. The van der Waals surface area contributed by atoms with E-state index in [4.69, 9.17) is 0 Å². The molecule has 37 heavy (non-hydrogen) atoms. The largest absolute Gasteiger partial charge is 0.480 e. The van der Waals surface area contributed by atoms with Crippen LogP contribution >= 0.6 is 0 Å². The number of benzene rings is 1. The molecule has 0 aliphatic carbocycles. The van der Waals surface area contributed by atoms with Crippen molar-refractivity contribution in [3.05, 3.63) is 101 Å². The fourth-order valence-corrected chi connectivity index (χ4v) is 4.62. The molecule has 1 aromatic carbocycles. The molecule has 0 saturated heterocycles. The minimum Gasteiger partial charge on any atom is -0.480 e. The van der Waals surface area contributed by atoms with Crippen molar-refractivity contribution >= 4 is 33.4 Å². The van der Waals surface area contributed by atoms with E-state index >= 15 is 0 Å². The summed E-state index contributed by atoms with van der Waals surface area (Å²) in [6, 6.07) is 13.3. The number of hydrogen-bond acceptors (Lipinski definition) is 8. The second-order valence-corrected chi connectivity index (χ2v) is 9.59. The molecule has 12 nitrogen and oxygen atoms in total. The Morgan fingerprint density at radius 1 is 1.00 bits per heavy atom. The third-order valence-corrected chi connectivity index (χ3v) is 6.74. The summed E-state index contributed by atoms with van der Waals surface area (Å²) >= 11 is 0. The Morgan fingerprint density at radius 3 is 2.43 bits per heavy atom. The highest BCUT2D eigenvalue weighted by atomic mass is 32.2. The van der Waals surface area contributed by atoms with Crippen LogP contribution in [0, 0.1) is 0 Å². The van der Waals surface area contributed by atoms with Gasteiger partial charge in [-0.2, -0.15) is 4.72 Å². The van der Waals surface area contributed by atoms with Gasteiger partial charge in [-0.1, -0.05) is 24.3 Å². The van der Waals surface area contributed by atoms with E-state index in [2.05, 4.69) is 25.3 Å². The summed E-state index contributed by atoms with van der Waals surface area (Å²) in [5.41, 5.74) is 0.745. The lowest BCUT2D eigenvalue weighted by atomic mass is 10.2. The second kappa shape index (κ2) is 11.0. The predicted molar refractivity (Wildman–Crippen MR) is 134 cm³/mol. The lowest BCUT2D eigenvalue weighted by molar-refractivity contribution is -0.138. The van der Waals surface area contributed by atoms with Crippen LogP contribution < -0.4 is 20.9 Å². The summed E-state index contributed by atoms with van der Waals surface area (Å²) in [4.78, 5) is 45.0. The third-order valence-electron chi connectivity index (χ3n) is 5.26. The van der Waals surface area contributed by atoms with Crippen molar-refractivity contribution in [3.63, 3.8) is 0 Å². The molecule has 190 valence electrons. The highest BCUT2D eigenvalue weighted by Crippen LogP contribution is 2.10. The second-order valence-electron chi connectivity index (χ2n) is 7.88. The Bertz CT molecular complexity index is 1590. The molecule has 1 atom stereocenters. The molecule has 0 aliphatic heterocycles. The number of hydrogen-bond donors (Lipinski definition) is 4. The first-order valence-electron chi connectivity index (χ1n) is 11.0. The Morgan fingerprint density at radius 2 is 1.73 bits per heavy atom. The number of fused-ring (bicyclic) bond motifs is 1. The number of anilines is 1. The molecule has 0 fully saturated rings. The number of carbonyl (C=O) groups excluding carboxylic acids is 1. The lowest BCUT2D eigenvalue weighted by Crippen LogP contribution is -2.48. The molecule has 0 spiro atoms. The molecule has 3 heterocycles. The van der Waals surface area contributed by atoms with Gasteiger partial charge in [0.25, 0.3) is 11.5 Å². The molecule has 1 amide bonds. The number of carboxylic acids is 1. The van der Waals surface area contributed by atoms with Gasteiger partial charge in [0.15, 0.2) is 0 Å². The summed E-state index contributed by atoms with van der Waals surface area (Å²) in [5, 5.41) is 14.9. The monoisotopic (exact) mass is 522 g/mol. The number of aliphatic carboxylic acids is 1. The number of pyridine rings is 2. The van der Waals surface area contributed by atoms with E-state index in [9.17, 15) is 27.9 Å². The number of sulfonamides is 1. The van der Waals surface area contributed by atoms with Gasteiger partial charge in [0.2, 0.25) is 16.0 Å². The molecule has 0 aliphatic rings. The number of nitrogens with one attached hydrogen (secondary N) is 3. The van der Waals surface area contributed by atoms with E-state index in [1.54, 1.807) is 42.9 Å². The summed E-state index contributed by atoms with van der Waals surface area (Å²) in [6.45, 7) is -0.171. The van der Waals surface area contributed by atoms with Crippen molar-refractivity contribution in [2.75, 3.05) is 11.9 Å². The molecule has 4 N–H and O–H groups in total. The summed E-state index contributed by atoms with van der Waals surface area (Å²) in [7, 11) is -4.13. The topological polar surface area (TPSA) is 172 Å². The minimum absolute atomic E-state index is 0.00335. The van der Waals surface area contributed by atoms with Gasteiger partial charge < -0.3 is 15.7 Å². The van der Waals surface area contributed by atoms with E-state index in [0.717, 1.165) is 11.6 Å². The maximum atomic E-state index is 12.7. The molecule has 4 aromatic rings. The molecule has 0 saturated carbocycles. The maximum absolute atomic E-state index is 12.7. The van der Waals surface area contributed by atoms with Crippen LogP contribution in [-0.4, -0.2) is 52.4 Å². The number of rotatable bonds is 10. The minimum atomic E-state index is -4.13. The van der Waals surface area contributed by atoms with E-state index in [1.807, 2.05) is 0 Å². The van der Waals surface area contributed by atoms with Crippen molar-refractivity contribution in [3.8, 4) is 0 Å². The first kappa shape index (κ1) is 25.5. The van der Waals surface area contributed by atoms with Gasteiger partial charge >= 0.3 is 5.97 Å². The van der Waals surface area contributed by atoms with Crippen molar-refractivity contribution in [1.29, 1.82) is 0 Å². The van der Waals surface area contributed by atoms with Crippen LogP contribution in [0.2, 0.25) is 0 Å². The smallest absolute Gasteiger partial charge is 0.323 e. The quantitative estimate of drug-likeness (QED) is 0.236. The SMILES string of the molecule is O=C(NCC(NS(=O)(=O)c1ccccc1)C(=O)O)c1cc(=O)n2cc(CNc3ncccn3)ccc2c1. The van der Waals surface area contributed by atoms with Crippen LogP contribution in [0.5, 0.6) is 0 Å². The summed E-state index contributed by atoms with van der Waals surface area (Å²) in [6.07, 6.45) is 4.82. The van der Waals surface area contributed by atoms with Crippen LogP contribution in [0.1, 0.15) is 15.9 Å². The van der Waals surface area contributed by atoms with Crippen molar-refractivity contribution in [2.45, 2.75) is 17.5 Å². The first-order chi connectivity index (χ1) is 17.7. The van der Waals surface area contributed by atoms with Crippen LogP contribution in [0.4, 0.5) is 5.95 Å². The average molecular weight is 523 g/mol. The highest BCUT2D eigenvalue weighted by molar-refractivity contribution is 7.89. The first-order valence-corrected chi connectivity index (χ1v) is 12.5. The number of aromatic nitrogens is 3. The fraction of sp³-hybridized carbons (Fsp3) is 0.125. The molecule has 0 radical (unpaired) electrons. The van der Waals surface area contributed by atoms with E-state index < -0.39 is 40.0 Å². The zero-order chi connectivity index (χ0) is 26.4. The third kappa shape index (κ3) is 6.34. The Balaban J connectivity index is 1.45. The molecular weight excluding hydrogens is 500 g/mol. The van der Waals surface area contributed by atoms with Gasteiger partial charge in [-0.25, -0.2) is 18.4 Å². The normalized spacial score (nSPS) is 12.1. The van der Waals surface area contributed by atoms with Gasteiger partial charge in [-0.15, -0.1) is 0 Å².